The number of carbonyl (C=O) groups is 1. The van der Waals surface area contributed by atoms with E-state index in [4.69, 9.17) is 0 Å². The van der Waals surface area contributed by atoms with Crippen molar-refractivity contribution in [1.29, 1.82) is 0 Å². The van der Waals surface area contributed by atoms with Crippen LogP contribution in [0.15, 0.2) is 24.3 Å². The van der Waals surface area contributed by atoms with Gasteiger partial charge in [0.05, 0.1) is 5.56 Å². The van der Waals surface area contributed by atoms with Gasteiger partial charge in [0.25, 0.3) is 0 Å². The molecular formula is C15H20ClF3N2O. The minimum atomic E-state index is -4.32. The Kier molecular flexibility index (Phi) is 7.16. The first-order chi connectivity index (χ1) is 9.97. The van der Waals surface area contributed by atoms with Crippen molar-refractivity contribution < 1.29 is 18.0 Å². The summed E-state index contributed by atoms with van der Waals surface area (Å²) in [5.41, 5.74) is -0.00415. The van der Waals surface area contributed by atoms with Crippen LogP contribution >= 0.6 is 12.4 Å². The first-order valence-corrected chi connectivity index (χ1v) is 7.11. The number of halogens is 4. The lowest BCUT2D eigenvalue weighted by Crippen LogP contribution is -2.30. The van der Waals surface area contributed by atoms with Crippen LogP contribution in [0.1, 0.15) is 30.4 Å². The van der Waals surface area contributed by atoms with Gasteiger partial charge in [0.1, 0.15) is 0 Å². The molecule has 1 aromatic rings. The number of hydrogen-bond donors (Lipinski definition) is 2. The zero-order valence-electron chi connectivity index (χ0n) is 12.1. The molecule has 7 heteroatoms. The number of nitrogens with one attached hydrogen (secondary N) is 2. The quantitative estimate of drug-likeness (QED) is 0.890. The van der Waals surface area contributed by atoms with E-state index in [1.807, 2.05) is 0 Å². The molecule has 1 aliphatic heterocycles. The lowest BCUT2D eigenvalue weighted by molar-refractivity contribution is -0.137. The van der Waals surface area contributed by atoms with Gasteiger partial charge < -0.3 is 10.6 Å². The molecule has 1 aromatic carbocycles. The van der Waals surface area contributed by atoms with Crippen LogP contribution in [0.5, 0.6) is 0 Å². The molecule has 1 unspecified atom stereocenters. The number of rotatable bonds is 3. The van der Waals surface area contributed by atoms with Gasteiger partial charge in [-0.1, -0.05) is 12.1 Å². The zero-order chi connectivity index (χ0) is 15.3. The smallest absolute Gasteiger partial charge is 0.352 e. The first-order valence-electron chi connectivity index (χ1n) is 7.11. The molecule has 1 saturated heterocycles. The van der Waals surface area contributed by atoms with Crippen molar-refractivity contribution in [3.8, 4) is 0 Å². The van der Waals surface area contributed by atoms with Crippen LogP contribution in [0.3, 0.4) is 0 Å². The Morgan fingerprint density at radius 2 is 1.86 bits per heavy atom. The topological polar surface area (TPSA) is 41.1 Å². The van der Waals surface area contributed by atoms with Crippen LogP contribution in [-0.2, 0) is 17.5 Å². The maximum Gasteiger partial charge on any atom is 0.416 e. The fourth-order valence-electron chi connectivity index (χ4n) is 2.43. The van der Waals surface area contributed by atoms with Crippen molar-refractivity contribution in [2.24, 2.45) is 5.92 Å². The molecule has 0 bridgehead atoms. The second-order valence-corrected chi connectivity index (χ2v) is 5.29. The Balaban J connectivity index is 0.00000242. The van der Waals surface area contributed by atoms with Crippen LogP contribution in [-0.4, -0.2) is 19.0 Å². The fraction of sp³-hybridized carbons (Fsp3) is 0.533. The van der Waals surface area contributed by atoms with E-state index in [0.717, 1.165) is 44.5 Å². The summed E-state index contributed by atoms with van der Waals surface area (Å²) in [5, 5.41) is 6.05. The highest BCUT2D eigenvalue weighted by atomic mass is 35.5. The third-order valence-corrected chi connectivity index (χ3v) is 3.69. The van der Waals surface area contributed by atoms with Crippen LogP contribution in [0.4, 0.5) is 13.2 Å². The third-order valence-electron chi connectivity index (χ3n) is 3.69. The lowest BCUT2D eigenvalue weighted by atomic mass is 10.00. The molecule has 1 amide bonds. The third kappa shape index (κ3) is 5.50. The standard InChI is InChI=1S/C15H19F3N2O.ClH/c16-15(17,18)13-5-3-11(4-6-13)10-20-14(21)12-2-1-8-19-9-7-12;/h3-6,12,19H,1-2,7-10H2,(H,20,21);1H. The molecule has 1 atom stereocenters. The van der Waals surface area contributed by atoms with Crippen LogP contribution < -0.4 is 10.6 Å². The van der Waals surface area contributed by atoms with Crippen molar-refractivity contribution in [3.63, 3.8) is 0 Å². The minimum Gasteiger partial charge on any atom is -0.352 e. The summed E-state index contributed by atoms with van der Waals surface area (Å²) in [6.07, 6.45) is -1.70. The maximum atomic E-state index is 12.4. The lowest BCUT2D eigenvalue weighted by Gasteiger charge is -2.14. The monoisotopic (exact) mass is 336 g/mol. The van der Waals surface area contributed by atoms with Crippen molar-refractivity contribution in [1.82, 2.24) is 10.6 Å². The van der Waals surface area contributed by atoms with Gasteiger partial charge in [-0.25, -0.2) is 0 Å². The number of amides is 1. The number of benzene rings is 1. The molecule has 1 aliphatic rings. The summed E-state index contributed by atoms with van der Waals surface area (Å²) in [5.74, 6) is -0.0203. The summed E-state index contributed by atoms with van der Waals surface area (Å²) < 4.78 is 37.3. The van der Waals surface area contributed by atoms with Crippen molar-refractivity contribution in [2.45, 2.75) is 32.0 Å². The Hall–Kier alpha value is -1.27. The van der Waals surface area contributed by atoms with Crippen LogP contribution in [0.2, 0.25) is 0 Å². The Labute approximate surface area is 134 Å². The number of alkyl halides is 3. The van der Waals surface area contributed by atoms with Crippen molar-refractivity contribution in [2.75, 3.05) is 13.1 Å². The van der Waals surface area contributed by atoms with E-state index in [0.29, 0.717) is 5.56 Å². The second kappa shape index (κ2) is 8.39. The van der Waals surface area contributed by atoms with Gasteiger partial charge >= 0.3 is 6.18 Å². The summed E-state index contributed by atoms with van der Waals surface area (Å²) in [6, 6.07) is 4.88. The average molecular weight is 337 g/mol. The molecule has 0 radical (unpaired) electrons. The molecule has 2 N–H and O–H groups in total. The van der Waals surface area contributed by atoms with Gasteiger partial charge in [-0.3, -0.25) is 4.79 Å². The average Bonchev–Trinajstić information content (AvgIpc) is 2.73. The first kappa shape index (κ1) is 18.8. The molecule has 22 heavy (non-hydrogen) atoms. The maximum absolute atomic E-state index is 12.4. The molecule has 1 heterocycles. The molecule has 1 fully saturated rings. The van der Waals surface area contributed by atoms with E-state index in [1.54, 1.807) is 0 Å². The highest BCUT2D eigenvalue weighted by molar-refractivity contribution is 5.85. The van der Waals surface area contributed by atoms with E-state index in [1.165, 1.54) is 12.1 Å². The van der Waals surface area contributed by atoms with E-state index < -0.39 is 11.7 Å². The molecule has 0 saturated carbocycles. The van der Waals surface area contributed by atoms with E-state index in [2.05, 4.69) is 10.6 Å². The van der Waals surface area contributed by atoms with Gasteiger partial charge in [0.2, 0.25) is 5.91 Å². The summed E-state index contributed by atoms with van der Waals surface area (Å²) in [4.78, 5) is 12.0. The number of carbonyl (C=O) groups excluding carboxylic acids is 1. The molecule has 2 rings (SSSR count). The molecule has 0 aliphatic carbocycles. The van der Waals surface area contributed by atoms with Crippen LogP contribution in [0.25, 0.3) is 0 Å². The van der Waals surface area contributed by atoms with Gasteiger partial charge in [0.15, 0.2) is 0 Å². The summed E-state index contributed by atoms with van der Waals surface area (Å²) in [6.45, 7) is 2.03. The predicted molar refractivity (Wildman–Crippen MR) is 80.7 cm³/mol. The minimum absolute atomic E-state index is 0. The number of hydrogen-bond acceptors (Lipinski definition) is 2. The molecule has 124 valence electrons. The molecule has 0 spiro atoms. The summed E-state index contributed by atoms with van der Waals surface area (Å²) in [7, 11) is 0. The van der Waals surface area contributed by atoms with Crippen LogP contribution in [0, 0.1) is 5.92 Å². The molecule has 3 nitrogen and oxygen atoms in total. The Morgan fingerprint density at radius 3 is 2.50 bits per heavy atom. The molecule has 0 aromatic heterocycles. The Bertz CT molecular complexity index is 469. The SMILES string of the molecule is Cl.O=C(NCc1ccc(C(F)(F)F)cc1)C1CCCNCC1. The second-order valence-electron chi connectivity index (χ2n) is 5.29. The van der Waals surface area contributed by atoms with Crippen molar-refractivity contribution in [3.05, 3.63) is 35.4 Å². The van der Waals surface area contributed by atoms with Crippen molar-refractivity contribution >= 4 is 18.3 Å². The largest absolute Gasteiger partial charge is 0.416 e. The summed E-state index contributed by atoms with van der Waals surface area (Å²) >= 11 is 0. The highest BCUT2D eigenvalue weighted by Crippen LogP contribution is 2.29. The predicted octanol–water partition coefficient (Wildman–Crippen LogP) is 3.13. The van der Waals surface area contributed by atoms with Gasteiger partial charge in [0, 0.05) is 12.5 Å². The Morgan fingerprint density at radius 1 is 1.18 bits per heavy atom. The molecular weight excluding hydrogens is 317 g/mol. The fourth-order valence-corrected chi connectivity index (χ4v) is 2.43. The van der Waals surface area contributed by atoms with E-state index >= 15 is 0 Å². The van der Waals surface area contributed by atoms with Gasteiger partial charge in [-0.05, 0) is 50.0 Å². The van der Waals surface area contributed by atoms with E-state index in [9.17, 15) is 18.0 Å². The van der Waals surface area contributed by atoms with E-state index in [-0.39, 0.29) is 30.8 Å². The van der Waals surface area contributed by atoms with Gasteiger partial charge in [-0.15, -0.1) is 12.4 Å². The highest BCUT2D eigenvalue weighted by Gasteiger charge is 2.29. The van der Waals surface area contributed by atoms with Gasteiger partial charge in [-0.2, -0.15) is 13.2 Å². The zero-order valence-corrected chi connectivity index (χ0v) is 12.9. The normalized spacial score (nSPS) is 19.0.